The Kier molecular flexibility index (Phi) is 5.08. The Morgan fingerprint density at radius 3 is 1.39 bits per heavy atom. The van der Waals surface area contributed by atoms with E-state index in [1.54, 1.807) is 0 Å². The molecule has 0 spiro atoms. The van der Waals surface area contributed by atoms with Crippen LogP contribution in [0.3, 0.4) is 0 Å². The molecule has 7 rings (SSSR count). The molecule has 38 heavy (non-hydrogen) atoms. The zero-order valence-electron chi connectivity index (χ0n) is 20.7. The van der Waals surface area contributed by atoms with Gasteiger partial charge in [0.15, 0.2) is 0 Å². The fourth-order valence-corrected chi connectivity index (χ4v) is 11.3. The monoisotopic (exact) mass is 508 g/mol. The summed E-state index contributed by atoms with van der Waals surface area (Å²) >= 11 is 0. The Morgan fingerprint density at radius 1 is 0.474 bits per heavy atom. The standard InChI is InChI=1S/C35H25O2P/c36-34-30-23-13-14-24-31(30)35-33(34)32(26-15-5-1-6-16-26)25-38(37-35,27-17-7-2-8-18-27,28-19-9-3-10-20-28)29-21-11-4-12-22-29/h1-25H. The first-order valence-electron chi connectivity index (χ1n) is 12.8. The van der Waals surface area contributed by atoms with Crippen LogP contribution in [0.15, 0.2) is 157 Å². The quantitative estimate of drug-likeness (QED) is 0.242. The summed E-state index contributed by atoms with van der Waals surface area (Å²) in [5, 5.41) is 3.27. The predicted molar refractivity (Wildman–Crippen MR) is 158 cm³/mol. The van der Waals surface area contributed by atoms with Crippen molar-refractivity contribution in [3.63, 3.8) is 0 Å². The van der Waals surface area contributed by atoms with Crippen LogP contribution in [-0.2, 0) is 4.52 Å². The molecule has 0 unspecified atom stereocenters. The van der Waals surface area contributed by atoms with E-state index in [2.05, 4.69) is 90.7 Å². The molecule has 3 heteroatoms. The van der Waals surface area contributed by atoms with Crippen LogP contribution < -0.4 is 15.9 Å². The number of hydrogen-bond acceptors (Lipinski definition) is 2. The Balaban J connectivity index is 1.70. The Labute approximate surface area is 222 Å². The average Bonchev–Trinajstić information content (AvgIpc) is 3.29. The van der Waals surface area contributed by atoms with Gasteiger partial charge in [0.25, 0.3) is 0 Å². The van der Waals surface area contributed by atoms with Gasteiger partial charge in [-0.05, 0) is 0 Å². The summed E-state index contributed by atoms with van der Waals surface area (Å²) in [5.41, 5.74) is 4.10. The van der Waals surface area contributed by atoms with Crippen LogP contribution in [0.5, 0.6) is 0 Å². The third kappa shape index (κ3) is 3.02. The number of Topliss-reactive ketones (excluding diaryl/α,β-unsaturated/α-hetero) is 1. The number of fused-ring (bicyclic) bond motifs is 2. The number of hydrogen-bond donors (Lipinski definition) is 0. The van der Waals surface area contributed by atoms with Crippen LogP contribution in [0.25, 0.3) is 11.3 Å². The molecule has 182 valence electrons. The van der Waals surface area contributed by atoms with Crippen LogP contribution in [0.1, 0.15) is 21.5 Å². The number of carbonyl (C=O) groups is 1. The molecule has 0 aromatic heterocycles. The first-order chi connectivity index (χ1) is 18.7. The van der Waals surface area contributed by atoms with Gasteiger partial charge < -0.3 is 0 Å². The summed E-state index contributed by atoms with van der Waals surface area (Å²) in [6, 6.07) is 49.7. The van der Waals surface area contributed by atoms with Crippen LogP contribution >= 0.6 is 6.83 Å². The molecule has 1 heterocycles. The van der Waals surface area contributed by atoms with Gasteiger partial charge in [-0.1, -0.05) is 0 Å². The molecule has 1 aliphatic heterocycles. The van der Waals surface area contributed by atoms with Gasteiger partial charge in [-0.2, -0.15) is 0 Å². The van der Waals surface area contributed by atoms with E-state index in [4.69, 9.17) is 4.52 Å². The van der Waals surface area contributed by atoms with E-state index in [-0.39, 0.29) is 5.78 Å². The third-order valence-corrected chi connectivity index (χ3v) is 13.0. The van der Waals surface area contributed by atoms with E-state index >= 15 is 0 Å². The van der Waals surface area contributed by atoms with Crippen molar-refractivity contribution in [2.45, 2.75) is 0 Å². The van der Waals surface area contributed by atoms with Gasteiger partial charge in [-0.3, -0.25) is 0 Å². The number of allylic oxidation sites excluding steroid dienone is 2. The number of ketones is 1. The van der Waals surface area contributed by atoms with Crippen LogP contribution in [0.2, 0.25) is 0 Å². The minimum atomic E-state index is -3.80. The van der Waals surface area contributed by atoms with Gasteiger partial charge in [0.2, 0.25) is 0 Å². The van der Waals surface area contributed by atoms with Crippen molar-refractivity contribution in [2.24, 2.45) is 0 Å². The van der Waals surface area contributed by atoms with Crippen molar-refractivity contribution in [1.82, 2.24) is 0 Å². The third-order valence-electron chi connectivity index (χ3n) is 7.69. The van der Waals surface area contributed by atoms with E-state index in [9.17, 15) is 4.79 Å². The van der Waals surface area contributed by atoms with Crippen molar-refractivity contribution in [3.05, 3.63) is 174 Å². The van der Waals surface area contributed by atoms with Gasteiger partial charge >= 0.3 is 223 Å². The zero-order chi connectivity index (χ0) is 25.6. The number of carbonyl (C=O) groups excluding carboxylic acids is 1. The summed E-state index contributed by atoms with van der Waals surface area (Å²) in [6.07, 6.45) is 0. The van der Waals surface area contributed by atoms with Crippen LogP contribution in [0, 0.1) is 0 Å². The van der Waals surface area contributed by atoms with E-state index in [1.165, 1.54) is 0 Å². The molecule has 5 aromatic rings. The molecule has 0 amide bonds. The molecule has 2 aliphatic rings. The second-order valence-corrected chi connectivity index (χ2v) is 13.9. The summed E-state index contributed by atoms with van der Waals surface area (Å²) in [6.45, 7) is -3.80. The zero-order valence-corrected chi connectivity index (χ0v) is 21.6. The van der Waals surface area contributed by atoms with Gasteiger partial charge in [0, 0.05) is 0 Å². The first-order valence-corrected chi connectivity index (χ1v) is 15.0. The van der Waals surface area contributed by atoms with Gasteiger partial charge in [0.1, 0.15) is 0 Å². The molecular weight excluding hydrogens is 483 g/mol. The van der Waals surface area contributed by atoms with Gasteiger partial charge in [-0.15, -0.1) is 0 Å². The second kappa shape index (κ2) is 8.52. The molecule has 0 radical (unpaired) electrons. The van der Waals surface area contributed by atoms with Gasteiger partial charge in [0.05, 0.1) is 0 Å². The second-order valence-electron chi connectivity index (χ2n) is 9.69. The maximum atomic E-state index is 14.0. The average molecular weight is 509 g/mol. The SMILES string of the molecule is O=C1C2=C(OP(c3ccccc3)(c3ccccc3)(c3ccccc3)C=C2c2ccccc2)c2ccccc21. The summed E-state index contributed by atoms with van der Waals surface area (Å²) in [7, 11) is 0. The summed E-state index contributed by atoms with van der Waals surface area (Å²) < 4.78 is 7.61. The normalized spacial score (nSPS) is 17.8. The molecule has 1 aliphatic carbocycles. The Bertz CT molecular complexity index is 1640. The minimum absolute atomic E-state index is 0.0104. The van der Waals surface area contributed by atoms with E-state index in [0.717, 1.165) is 32.6 Å². The Morgan fingerprint density at radius 2 is 0.895 bits per heavy atom. The molecule has 0 saturated carbocycles. The summed E-state index contributed by atoms with van der Waals surface area (Å²) in [5.74, 6) is 2.99. The molecule has 0 N–H and O–H groups in total. The topological polar surface area (TPSA) is 26.3 Å². The molecule has 5 aromatic carbocycles. The van der Waals surface area contributed by atoms with Crippen molar-refractivity contribution in [2.75, 3.05) is 0 Å². The molecule has 0 atom stereocenters. The maximum absolute atomic E-state index is 14.0. The molecule has 0 saturated heterocycles. The summed E-state index contributed by atoms with van der Waals surface area (Å²) in [4.78, 5) is 14.0. The molecular formula is C35H25O2P. The number of rotatable bonds is 4. The van der Waals surface area contributed by atoms with Crippen molar-refractivity contribution in [1.29, 1.82) is 0 Å². The fourth-order valence-electron chi connectivity index (χ4n) is 5.96. The Hall–Kier alpha value is -4.52. The van der Waals surface area contributed by atoms with E-state index in [0.29, 0.717) is 16.9 Å². The van der Waals surface area contributed by atoms with E-state index in [1.807, 2.05) is 60.7 Å². The molecule has 2 nitrogen and oxygen atoms in total. The molecule has 0 fully saturated rings. The van der Waals surface area contributed by atoms with Crippen LogP contribution in [0.4, 0.5) is 0 Å². The van der Waals surface area contributed by atoms with Crippen molar-refractivity contribution < 1.29 is 9.32 Å². The van der Waals surface area contributed by atoms with Crippen LogP contribution in [-0.4, -0.2) is 5.78 Å². The predicted octanol–water partition coefficient (Wildman–Crippen LogP) is 7.11. The first kappa shape index (κ1) is 22.7. The van der Waals surface area contributed by atoms with Crippen molar-refractivity contribution >= 4 is 39.9 Å². The van der Waals surface area contributed by atoms with Crippen molar-refractivity contribution in [3.8, 4) is 0 Å². The fraction of sp³-hybridized carbons (Fsp3) is 0. The van der Waals surface area contributed by atoms with Gasteiger partial charge in [-0.25, -0.2) is 0 Å². The molecule has 0 bridgehead atoms. The van der Waals surface area contributed by atoms with E-state index < -0.39 is 6.83 Å². The number of benzene rings is 5.